The summed E-state index contributed by atoms with van der Waals surface area (Å²) in [4.78, 5) is 18.9. The van der Waals surface area contributed by atoms with Crippen molar-refractivity contribution in [1.29, 1.82) is 0 Å². The minimum Gasteiger partial charge on any atom is -0.478 e. The van der Waals surface area contributed by atoms with E-state index < -0.39 is 12.1 Å². The van der Waals surface area contributed by atoms with Gasteiger partial charge in [0.2, 0.25) is 5.95 Å². The summed E-state index contributed by atoms with van der Waals surface area (Å²) in [5.74, 6) is -0.318. The maximum Gasteiger partial charge on any atom is 0.339 e. The number of carbonyl (C=O) groups is 1. The molecule has 1 aromatic rings. The topological polar surface area (TPSA) is 95.3 Å². The normalized spacial score (nSPS) is 17.4. The Morgan fingerprint density at radius 1 is 1.53 bits per heavy atom. The molecular formula is C13H19N3O3. The second kappa shape index (κ2) is 5.97. The number of carboxylic acids is 1. The molecule has 19 heavy (non-hydrogen) atoms. The molecule has 0 amide bonds. The summed E-state index contributed by atoms with van der Waals surface area (Å²) < 4.78 is 0. The average Bonchev–Trinajstić information content (AvgIpc) is 2.89. The van der Waals surface area contributed by atoms with Gasteiger partial charge in [-0.15, -0.1) is 0 Å². The second-order valence-corrected chi connectivity index (χ2v) is 4.99. The Hall–Kier alpha value is -1.69. The van der Waals surface area contributed by atoms with Crippen molar-refractivity contribution in [3.8, 4) is 0 Å². The van der Waals surface area contributed by atoms with Crippen LogP contribution in [0.25, 0.3) is 0 Å². The summed E-state index contributed by atoms with van der Waals surface area (Å²) in [7, 11) is 0. The first-order valence-electron chi connectivity index (χ1n) is 6.57. The zero-order chi connectivity index (χ0) is 13.8. The van der Waals surface area contributed by atoms with Gasteiger partial charge in [0.05, 0.1) is 17.4 Å². The SMILES string of the molecule is Cc1nc(NCC(O)C2CCCC2)ncc1C(=O)O. The largest absolute Gasteiger partial charge is 0.478 e. The molecule has 1 aliphatic rings. The van der Waals surface area contributed by atoms with E-state index in [2.05, 4.69) is 15.3 Å². The smallest absolute Gasteiger partial charge is 0.339 e. The molecule has 1 unspecified atom stereocenters. The van der Waals surface area contributed by atoms with Crippen LogP contribution in [0, 0.1) is 12.8 Å². The number of aliphatic hydroxyl groups excluding tert-OH is 1. The Bertz CT molecular complexity index is 458. The number of aromatic nitrogens is 2. The number of nitrogens with zero attached hydrogens (tertiary/aromatic N) is 2. The molecule has 0 aliphatic heterocycles. The molecule has 1 heterocycles. The van der Waals surface area contributed by atoms with Crippen LogP contribution in [0.1, 0.15) is 41.7 Å². The van der Waals surface area contributed by atoms with E-state index >= 15 is 0 Å². The first kappa shape index (κ1) is 13.7. The number of aromatic carboxylic acids is 1. The van der Waals surface area contributed by atoms with Crippen LogP contribution in [0.15, 0.2) is 6.20 Å². The van der Waals surface area contributed by atoms with Crippen LogP contribution in [-0.4, -0.2) is 38.8 Å². The van der Waals surface area contributed by atoms with Crippen LogP contribution >= 0.6 is 0 Å². The molecule has 1 fully saturated rings. The highest BCUT2D eigenvalue weighted by Gasteiger charge is 2.23. The minimum atomic E-state index is -1.03. The Kier molecular flexibility index (Phi) is 4.31. The van der Waals surface area contributed by atoms with Crippen molar-refractivity contribution >= 4 is 11.9 Å². The van der Waals surface area contributed by atoms with Gasteiger partial charge >= 0.3 is 5.97 Å². The van der Waals surface area contributed by atoms with Crippen molar-refractivity contribution in [2.24, 2.45) is 5.92 Å². The number of aryl methyl sites for hydroxylation is 1. The number of hydrogen-bond acceptors (Lipinski definition) is 5. The van der Waals surface area contributed by atoms with Gasteiger partial charge < -0.3 is 15.5 Å². The van der Waals surface area contributed by atoms with Crippen molar-refractivity contribution < 1.29 is 15.0 Å². The molecule has 3 N–H and O–H groups in total. The Labute approximate surface area is 111 Å². The molecule has 0 spiro atoms. The third-order valence-electron chi connectivity index (χ3n) is 3.62. The fourth-order valence-corrected chi connectivity index (χ4v) is 2.47. The zero-order valence-electron chi connectivity index (χ0n) is 11.0. The molecule has 1 aliphatic carbocycles. The molecule has 0 bridgehead atoms. The van der Waals surface area contributed by atoms with E-state index in [0.717, 1.165) is 12.8 Å². The van der Waals surface area contributed by atoms with E-state index in [1.165, 1.54) is 19.0 Å². The highest BCUT2D eigenvalue weighted by atomic mass is 16.4. The Morgan fingerprint density at radius 3 is 2.79 bits per heavy atom. The van der Waals surface area contributed by atoms with Gasteiger partial charge in [-0.2, -0.15) is 0 Å². The number of hydrogen-bond donors (Lipinski definition) is 3. The fraction of sp³-hybridized carbons (Fsp3) is 0.615. The maximum absolute atomic E-state index is 10.8. The zero-order valence-corrected chi connectivity index (χ0v) is 11.0. The quantitative estimate of drug-likeness (QED) is 0.745. The lowest BCUT2D eigenvalue weighted by Gasteiger charge is -2.18. The number of aliphatic hydroxyl groups is 1. The molecule has 0 aromatic carbocycles. The van der Waals surface area contributed by atoms with Gasteiger partial charge in [0, 0.05) is 12.7 Å². The van der Waals surface area contributed by atoms with Crippen molar-refractivity contribution in [3.63, 3.8) is 0 Å². The lowest BCUT2D eigenvalue weighted by atomic mass is 10.0. The maximum atomic E-state index is 10.8. The summed E-state index contributed by atoms with van der Waals surface area (Å²) in [6, 6.07) is 0. The van der Waals surface area contributed by atoms with E-state index in [1.54, 1.807) is 6.92 Å². The van der Waals surface area contributed by atoms with Crippen LogP contribution in [0.4, 0.5) is 5.95 Å². The standard InChI is InChI=1S/C13H19N3O3/c1-8-10(12(18)19)6-14-13(16-8)15-7-11(17)9-4-2-3-5-9/h6,9,11,17H,2-5,7H2,1H3,(H,18,19)(H,14,15,16). The van der Waals surface area contributed by atoms with E-state index in [0.29, 0.717) is 24.1 Å². The summed E-state index contributed by atoms with van der Waals surface area (Å²) >= 11 is 0. The summed E-state index contributed by atoms with van der Waals surface area (Å²) in [6.45, 7) is 2.03. The molecule has 6 nitrogen and oxygen atoms in total. The van der Waals surface area contributed by atoms with Gasteiger partial charge in [0.15, 0.2) is 0 Å². The summed E-state index contributed by atoms with van der Waals surface area (Å²) in [5.41, 5.74) is 0.516. The molecule has 0 radical (unpaired) electrons. The van der Waals surface area contributed by atoms with Crippen LogP contribution in [0.5, 0.6) is 0 Å². The first-order chi connectivity index (χ1) is 9.08. The highest BCUT2D eigenvalue weighted by molar-refractivity contribution is 5.88. The summed E-state index contributed by atoms with van der Waals surface area (Å²) in [6.07, 6.45) is 5.40. The molecule has 1 aromatic heterocycles. The lowest BCUT2D eigenvalue weighted by Crippen LogP contribution is -2.27. The van der Waals surface area contributed by atoms with Gasteiger partial charge in [0.25, 0.3) is 0 Å². The first-order valence-corrected chi connectivity index (χ1v) is 6.57. The van der Waals surface area contributed by atoms with Crippen LogP contribution < -0.4 is 5.32 Å². The van der Waals surface area contributed by atoms with Crippen molar-refractivity contribution in [2.45, 2.75) is 38.7 Å². The van der Waals surface area contributed by atoms with Gasteiger partial charge in [-0.1, -0.05) is 12.8 Å². The third-order valence-corrected chi connectivity index (χ3v) is 3.62. The molecule has 2 rings (SSSR count). The van der Waals surface area contributed by atoms with Crippen LogP contribution in [-0.2, 0) is 0 Å². The molecule has 6 heteroatoms. The summed E-state index contributed by atoms with van der Waals surface area (Å²) in [5, 5.41) is 21.9. The van der Waals surface area contributed by atoms with Gasteiger partial charge in [-0.05, 0) is 25.7 Å². The highest BCUT2D eigenvalue weighted by Crippen LogP contribution is 2.27. The molecule has 1 saturated carbocycles. The van der Waals surface area contributed by atoms with Crippen LogP contribution in [0.3, 0.4) is 0 Å². The van der Waals surface area contributed by atoms with E-state index in [9.17, 15) is 9.90 Å². The van der Waals surface area contributed by atoms with Crippen molar-refractivity contribution in [2.75, 3.05) is 11.9 Å². The van der Waals surface area contributed by atoms with Crippen molar-refractivity contribution in [1.82, 2.24) is 9.97 Å². The Morgan fingerprint density at radius 2 is 2.21 bits per heavy atom. The van der Waals surface area contributed by atoms with Crippen LogP contribution in [0.2, 0.25) is 0 Å². The molecular weight excluding hydrogens is 246 g/mol. The number of anilines is 1. The number of carboxylic acid groups (broad SMARTS) is 1. The fourth-order valence-electron chi connectivity index (χ4n) is 2.47. The number of nitrogens with one attached hydrogen (secondary N) is 1. The second-order valence-electron chi connectivity index (χ2n) is 4.99. The minimum absolute atomic E-state index is 0.0990. The third kappa shape index (κ3) is 3.41. The average molecular weight is 265 g/mol. The monoisotopic (exact) mass is 265 g/mol. The molecule has 104 valence electrons. The van der Waals surface area contributed by atoms with E-state index in [1.807, 2.05) is 0 Å². The molecule has 0 saturated heterocycles. The van der Waals surface area contributed by atoms with Gasteiger partial charge in [0.1, 0.15) is 0 Å². The Balaban J connectivity index is 1.92. The molecule has 1 atom stereocenters. The van der Waals surface area contributed by atoms with Gasteiger partial charge in [-0.3, -0.25) is 0 Å². The predicted molar refractivity (Wildman–Crippen MR) is 70.2 cm³/mol. The number of rotatable bonds is 5. The van der Waals surface area contributed by atoms with Crippen molar-refractivity contribution in [3.05, 3.63) is 17.5 Å². The van der Waals surface area contributed by atoms with Gasteiger partial charge in [-0.25, -0.2) is 14.8 Å². The predicted octanol–water partition coefficient (Wildman–Crippen LogP) is 1.45. The van der Waals surface area contributed by atoms with E-state index in [4.69, 9.17) is 5.11 Å². The van der Waals surface area contributed by atoms with E-state index in [-0.39, 0.29) is 5.56 Å². The lowest BCUT2D eigenvalue weighted by molar-refractivity contribution is 0.0695.